The Morgan fingerprint density at radius 1 is 1.36 bits per heavy atom. The van der Waals surface area contributed by atoms with E-state index in [2.05, 4.69) is 60.1 Å². The molecule has 10 heteroatoms. The number of nitrogens with zero attached hydrogens (tertiary/aromatic N) is 2. The molecule has 0 spiro atoms. The predicted octanol–water partition coefficient (Wildman–Crippen LogP) is 3.24. The van der Waals surface area contributed by atoms with Crippen molar-refractivity contribution < 1.29 is 12.8 Å². The van der Waals surface area contributed by atoms with E-state index < -0.39 is 18.5 Å². The fourth-order valence-electron chi connectivity index (χ4n) is 2.96. The standard InChI is InChI=1S/C18H36N4O3S2Si/c1-14(25-28(6,7)18(2,3)4)17-20-12-16(26-17)13-22-10-8-15(9-11-22)21-27(23,24)19-5/h12,14-15,19,21H,8-11,13H2,1-7H3. The van der Waals surface area contributed by atoms with Crippen molar-refractivity contribution in [1.29, 1.82) is 0 Å². The maximum Gasteiger partial charge on any atom is 0.276 e. The van der Waals surface area contributed by atoms with Crippen molar-refractivity contribution >= 4 is 29.9 Å². The summed E-state index contributed by atoms with van der Waals surface area (Å²) in [5.41, 5.74) is 0. The Bertz CT molecular complexity index is 738. The molecule has 0 saturated carbocycles. The number of likely N-dealkylation sites (tertiary alicyclic amines) is 1. The molecule has 1 aromatic rings. The Hall–Kier alpha value is -0.363. The number of hydrogen-bond donors (Lipinski definition) is 2. The van der Waals surface area contributed by atoms with Crippen molar-refractivity contribution in [3.05, 3.63) is 16.1 Å². The molecule has 0 aromatic carbocycles. The SMILES string of the molecule is CNS(=O)(=O)NC1CCN(Cc2cnc(C(C)O[Si](C)(C)C(C)(C)C)s2)CC1. The molecular formula is C18H36N4O3S2Si. The summed E-state index contributed by atoms with van der Waals surface area (Å²) in [4.78, 5) is 8.20. The molecule has 2 rings (SSSR count). The fraction of sp³-hybridized carbons (Fsp3) is 0.833. The number of thiazole rings is 1. The van der Waals surface area contributed by atoms with Crippen LogP contribution in [0.15, 0.2) is 6.20 Å². The summed E-state index contributed by atoms with van der Waals surface area (Å²) in [6.07, 6.45) is 3.61. The maximum atomic E-state index is 11.6. The van der Waals surface area contributed by atoms with Crippen LogP contribution in [0.5, 0.6) is 0 Å². The molecule has 0 bridgehead atoms. The molecular weight excluding hydrogens is 412 g/mol. The van der Waals surface area contributed by atoms with Crippen LogP contribution in [0.4, 0.5) is 0 Å². The summed E-state index contributed by atoms with van der Waals surface area (Å²) in [5.74, 6) is 0. The summed E-state index contributed by atoms with van der Waals surface area (Å²) >= 11 is 1.72. The summed E-state index contributed by atoms with van der Waals surface area (Å²) < 4.78 is 34.7. The van der Waals surface area contributed by atoms with Gasteiger partial charge in [-0.25, -0.2) is 9.71 Å². The molecule has 0 aliphatic carbocycles. The second-order valence-corrected chi connectivity index (χ2v) is 16.6. The first-order valence-electron chi connectivity index (χ1n) is 9.88. The number of nitrogens with one attached hydrogen (secondary N) is 2. The first-order chi connectivity index (χ1) is 12.8. The van der Waals surface area contributed by atoms with Gasteiger partial charge < -0.3 is 4.43 Å². The van der Waals surface area contributed by atoms with Crippen LogP contribution in [0.2, 0.25) is 18.1 Å². The molecule has 7 nitrogen and oxygen atoms in total. The third kappa shape index (κ3) is 6.58. The lowest BCUT2D eigenvalue weighted by molar-refractivity contribution is 0.201. The Balaban J connectivity index is 1.87. The Labute approximate surface area is 175 Å². The van der Waals surface area contributed by atoms with Gasteiger partial charge in [0.25, 0.3) is 10.2 Å². The van der Waals surface area contributed by atoms with Gasteiger partial charge in [-0.15, -0.1) is 11.3 Å². The second kappa shape index (κ2) is 9.19. The fourth-order valence-corrected chi connectivity index (χ4v) is 6.13. The zero-order valence-electron chi connectivity index (χ0n) is 18.2. The Morgan fingerprint density at radius 3 is 2.50 bits per heavy atom. The van der Waals surface area contributed by atoms with Crippen LogP contribution in [0.1, 0.15) is 56.5 Å². The third-order valence-electron chi connectivity index (χ3n) is 5.75. The molecule has 2 heterocycles. The van der Waals surface area contributed by atoms with Crippen LogP contribution in [0, 0.1) is 0 Å². The molecule has 1 aromatic heterocycles. The van der Waals surface area contributed by atoms with Crippen molar-refractivity contribution in [3.63, 3.8) is 0 Å². The number of aromatic nitrogens is 1. The molecule has 1 aliphatic rings. The van der Waals surface area contributed by atoms with Gasteiger partial charge in [0.05, 0.1) is 6.10 Å². The van der Waals surface area contributed by atoms with E-state index in [4.69, 9.17) is 4.43 Å². The molecule has 1 unspecified atom stereocenters. The monoisotopic (exact) mass is 448 g/mol. The van der Waals surface area contributed by atoms with Gasteiger partial charge in [-0.1, -0.05) is 20.8 Å². The quantitative estimate of drug-likeness (QED) is 0.597. The third-order valence-corrected chi connectivity index (χ3v) is 12.6. The summed E-state index contributed by atoms with van der Waals surface area (Å²) in [5, 5.41) is 1.22. The van der Waals surface area contributed by atoms with Crippen molar-refractivity contribution in [2.45, 2.75) is 77.4 Å². The van der Waals surface area contributed by atoms with Crippen molar-refractivity contribution in [2.75, 3.05) is 20.1 Å². The topological polar surface area (TPSA) is 83.6 Å². The van der Waals surface area contributed by atoms with Crippen LogP contribution < -0.4 is 9.44 Å². The van der Waals surface area contributed by atoms with E-state index >= 15 is 0 Å². The lowest BCUT2D eigenvalue weighted by Gasteiger charge is -2.38. The highest BCUT2D eigenvalue weighted by Crippen LogP contribution is 2.40. The van der Waals surface area contributed by atoms with E-state index in [0.29, 0.717) is 0 Å². The van der Waals surface area contributed by atoms with Gasteiger partial charge >= 0.3 is 0 Å². The number of hydrogen-bond acceptors (Lipinski definition) is 6. The van der Waals surface area contributed by atoms with Crippen molar-refractivity contribution in [3.8, 4) is 0 Å². The van der Waals surface area contributed by atoms with Crippen LogP contribution >= 0.6 is 11.3 Å². The molecule has 1 aliphatic heterocycles. The predicted molar refractivity (Wildman–Crippen MR) is 118 cm³/mol. The van der Waals surface area contributed by atoms with Crippen molar-refractivity contribution in [2.24, 2.45) is 0 Å². The van der Waals surface area contributed by atoms with E-state index in [1.165, 1.54) is 11.9 Å². The lowest BCUT2D eigenvalue weighted by Crippen LogP contribution is -2.47. The normalized spacial score (nSPS) is 19.1. The zero-order chi connectivity index (χ0) is 21.2. The molecule has 1 saturated heterocycles. The van der Waals surface area contributed by atoms with Crippen LogP contribution in [0.3, 0.4) is 0 Å². The molecule has 162 valence electrons. The molecule has 1 atom stereocenters. The van der Waals surface area contributed by atoms with E-state index in [1.807, 2.05) is 6.20 Å². The van der Waals surface area contributed by atoms with Crippen molar-refractivity contribution in [1.82, 2.24) is 19.3 Å². The zero-order valence-corrected chi connectivity index (χ0v) is 20.8. The van der Waals surface area contributed by atoms with E-state index in [1.54, 1.807) is 11.3 Å². The van der Waals surface area contributed by atoms with Gasteiger partial charge in [-0.2, -0.15) is 13.1 Å². The molecule has 0 radical (unpaired) electrons. The summed E-state index contributed by atoms with van der Waals surface area (Å²) in [6, 6.07) is 0.00346. The first kappa shape index (κ1) is 23.9. The van der Waals surface area contributed by atoms with Gasteiger partial charge in [0, 0.05) is 43.8 Å². The van der Waals surface area contributed by atoms with E-state index in [-0.39, 0.29) is 17.2 Å². The van der Waals surface area contributed by atoms with Gasteiger partial charge in [-0.3, -0.25) is 4.90 Å². The van der Waals surface area contributed by atoms with Crippen LogP contribution in [-0.4, -0.2) is 52.8 Å². The number of piperidine rings is 1. The minimum absolute atomic E-state index is 0.00346. The molecule has 28 heavy (non-hydrogen) atoms. The second-order valence-electron chi connectivity index (χ2n) is 9.06. The minimum atomic E-state index is -3.36. The van der Waals surface area contributed by atoms with Gasteiger partial charge in [0.2, 0.25) is 0 Å². The van der Waals surface area contributed by atoms with Gasteiger partial charge in [0.15, 0.2) is 8.32 Å². The molecule has 2 N–H and O–H groups in total. The van der Waals surface area contributed by atoms with Gasteiger partial charge in [-0.05, 0) is 37.9 Å². The average Bonchev–Trinajstić information content (AvgIpc) is 3.04. The van der Waals surface area contributed by atoms with Crippen LogP contribution in [0.25, 0.3) is 0 Å². The summed E-state index contributed by atoms with van der Waals surface area (Å²) in [7, 11) is -3.76. The lowest BCUT2D eigenvalue weighted by atomic mass is 10.1. The largest absolute Gasteiger partial charge is 0.408 e. The number of rotatable bonds is 8. The molecule has 0 amide bonds. The maximum absolute atomic E-state index is 11.6. The highest BCUT2D eigenvalue weighted by atomic mass is 32.2. The van der Waals surface area contributed by atoms with Gasteiger partial charge in [0.1, 0.15) is 5.01 Å². The highest BCUT2D eigenvalue weighted by molar-refractivity contribution is 7.87. The molecule has 1 fully saturated rings. The minimum Gasteiger partial charge on any atom is -0.408 e. The highest BCUT2D eigenvalue weighted by Gasteiger charge is 2.39. The van der Waals surface area contributed by atoms with E-state index in [9.17, 15) is 8.42 Å². The van der Waals surface area contributed by atoms with E-state index in [0.717, 1.165) is 37.5 Å². The average molecular weight is 449 g/mol. The smallest absolute Gasteiger partial charge is 0.276 e. The Morgan fingerprint density at radius 2 is 1.96 bits per heavy atom. The van der Waals surface area contributed by atoms with Crippen LogP contribution in [-0.2, 0) is 21.2 Å². The Kier molecular flexibility index (Phi) is 7.85. The summed E-state index contributed by atoms with van der Waals surface area (Å²) in [6.45, 7) is 16.0. The first-order valence-corrected chi connectivity index (χ1v) is 15.1.